The van der Waals surface area contributed by atoms with E-state index in [1.54, 1.807) is 0 Å². The smallest absolute Gasteiger partial charge is 0.0194 e. The number of nitrogens with one attached hydrogen (secondary N) is 1. The van der Waals surface area contributed by atoms with E-state index in [9.17, 15) is 0 Å². The highest BCUT2D eigenvalue weighted by atomic mass is 15.2. The van der Waals surface area contributed by atoms with Gasteiger partial charge in [-0.25, -0.2) is 0 Å². The van der Waals surface area contributed by atoms with Gasteiger partial charge in [-0.1, -0.05) is 26.2 Å². The Kier molecular flexibility index (Phi) is 4.45. The molecule has 0 radical (unpaired) electrons. The van der Waals surface area contributed by atoms with Crippen LogP contribution in [0.25, 0.3) is 0 Å². The second-order valence-corrected chi connectivity index (χ2v) is 5.33. The summed E-state index contributed by atoms with van der Waals surface area (Å²) in [6, 6.07) is 0.761. The van der Waals surface area contributed by atoms with Gasteiger partial charge in [-0.3, -0.25) is 0 Å². The van der Waals surface area contributed by atoms with Crippen molar-refractivity contribution in [1.82, 2.24) is 10.2 Å². The molecule has 1 N–H and O–H groups in total. The minimum absolute atomic E-state index is 0.761. The molecule has 88 valence electrons. The first-order valence-electron chi connectivity index (χ1n) is 6.84. The maximum Gasteiger partial charge on any atom is 0.0194 e. The summed E-state index contributed by atoms with van der Waals surface area (Å²) in [6.45, 7) is 7.48. The van der Waals surface area contributed by atoms with Crippen molar-refractivity contribution in [3.8, 4) is 0 Å². The first kappa shape index (κ1) is 11.4. The molecular weight excluding hydrogens is 184 g/mol. The summed E-state index contributed by atoms with van der Waals surface area (Å²) in [5, 5.41) is 3.67. The predicted molar refractivity (Wildman–Crippen MR) is 65.1 cm³/mol. The molecule has 1 aliphatic heterocycles. The Balaban J connectivity index is 1.70. The van der Waals surface area contributed by atoms with E-state index >= 15 is 0 Å². The van der Waals surface area contributed by atoms with Crippen molar-refractivity contribution in [2.45, 2.75) is 51.5 Å². The van der Waals surface area contributed by atoms with Crippen LogP contribution in [0.5, 0.6) is 0 Å². The van der Waals surface area contributed by atoms with Crippen LogP contribution in [0.15, 0.2) is 0 Å². The molecule has 0 aromatic carbocycles. The first-order chi connectivity index (χ1) is 7.38. The largest absolute Gasteiger partial charge is 0.313 e. The molecule has 2 nitrogen and oxygen atoms in total. The van der Waals surface area contributed by atoms with Crippen molar-refractivity contribution >= 4 is 0 Å². The van der Waals surface area contributed by atoms with Gasteiger partial charge < -0.3 is 10.2 Å². The summed E-state index contributed by atoms with van der Waals surface area (Å²) in [7, 11) is 0. The van der Waals surface area contributed by atoms with Crippen LogP contribution in [0, 0.1) is 5.92 Å². The van der Waals surface area contributed by atoms with Crippen LogP contribution in [0.3, 0.4) is 0 Å². The third-order valence-corrected chi connectivity index (χ3v) is 3.75. The van der Waals surface area contributed by atoms with Gasteiger partial charge in [-0.15, -0.1) is 0 Å². The van der Waals surface area contributed by atoms with E-state index in [0.717, 1.165) is 12.0 Å². The molecule has 0 aromatic rings. The number of hydrogen-bond donors (Lipinski definition) is 1. The second-order valence-electron chi connectivity index (χ2n) is 5.33. The van der Waals surface area contributed by atoms with E-state index in [1.165, 1.54) is 64.7 Å². The molecule has 0 amide bonds. The number of hydrogen-bond acceptors (Lipinski definition) is 2. The Bertz CT molecular complexity index is 177. The van der Waals surface area contributed by atoms with Crippen molar-refractivity contribution in [2.75, 3.05) is 26.2 Å². The SMILES string of the molecule is CCCC1CN(CCC2CC2)CCCN1. The highest BCUT2D eigenvalue weighted by Crippen LogP contribution is 2.32. The van der Waals surface area contributed by atoms with Crippen molar-refractivity contribution in [1.29, 1.82) is 0 Å². The Morgan fingerprint density at radius 3 is 2.87 bits per heavy atom. The highest BCUT2D eigenvalue weighted by molar-refractivity contribution is 4.79. The summed E-state index contributed by atoms with van der Waals surface area (Å²) in [4.78, 5) is 2.69. The van der Waals surface area contributed by atoms with Gasteiger partial charge in [0, 0.05) is 12.6 Å². The van der Waals surface area contributed by atoms with Crippen LogP contribution in [-0.2, 0) is 0 Å². The Morgan fingerprint density at radius 1 is 1.27 bits per heavy atom. The molecule has 1 heterocycles. The molecule has 2 aliphatic rings. The van der Waals surface area contributed by atoms with E-state index in [-0.39, 0.29) is 0 Å². The molecule has 15 heavy (non-hydrogen) atoms. The third-order valence-electron chi connectivity index (χ3n) is 3.75. The van der Waals surface area contributed by atoms with Crippen LogP contribution < -0.4 is 5.32 Å². The average Bonchev–Trinajstić information content (AvgIpc) is 3.02. The van der Waals surface area contributed by atoms with Crippen LogP contribution >= 0.6 is 0 Å². The summed E-state index contributed by atoms with van der Waals surface area (Å²) in [5.74, 6) is 1.09. The molecule has 2 rings (SSSR count). The zero-order chi connectivity index (χ0) is 10.5. The fourth-order valence-corrected chi connectivity index (χ4v) is 2.59. The van der Waals surface area contributed by atoms with Crippen molar-refractivity contribution in [3.63, 3.8) is 0 Å². The maximum atomic E-state index is 3.67. The molecule has 1 unspecified atom stereocenters. The van der Waals surface area contributed by atoms with Gasteiger partial charge in [0.1, 0.15) is 0 Å². The lowest BCUT2D eigenvalue weighted by molar-refractivity contribution is 0.255. The lowest BCUT2D eigenvalue weighted by Crippen LogP contribution is -2.38. The van der Waals surface area contributed by atoms with Crippen molar-refractivity contribution in [3.05, 3.63) is 0 Å². The lowest BCUT2D eigenvalue weighted by Gasteiger charge is -2.24. The van der Waals surface area contributed by atoms with Gasteiger partial charge in [-0.2, -0.15) is 0 Å². The van der Waals surface area contributed by atoms with Crippen molar-refractivity contribution in [2.24, 2.45) is 5.92 Å². The topological polar surface area (TPSA) is 15.3 Å². The molecule has 0 aromatic heterocycles. The fourth-order valence-electron chi connectivity index (χ4n) is 2.59. The molecule has 2 heteroatoms. The molecule has 2 fully saturated rings. The normalized spacial score (nSPS) is 29.0. The average molecular weight is 210 g/mol. The Morgan fingerprint density at radius 2 is 2.13 bits per heavy atom. The number of nitrogens with zero attached hydrogens (tertiary/aromatic N) is 1. The summed E-state index contributed by atoms with van der Waals surface area (Å²) < 4.78 is 0. The summed E-state index contributed by atoms with van der Waals surface area (Å²) in [5.41, 5.74) is 0. The molecule has 0 bridgehead atoms. The van der Waals surface area contributed by atoms with Crippen LogP contribution in [0.4, 0.5) is 0 Å². The Hall–Kier alpha value is -0.0800. The van der Waals surface area contributed by atoms with Crippen LogP contribution in [-0.4, -0.2) is 37.1 Å². The van der Waals surface area contributed by atoms with E-state index in [1.807, 2.05) is 0 Å². The zero-order valence-corrected chi connectivity index (χ0v) is 10.2. The van der Waals surface area contributed by atoms with Crippen LogP contribution in [0.2, 0.25) is 0 Å². The zero-order valence-electron chi connectivity index (χ0n) is 10.2. The van der Waals surface area contributed by atoms with E-state index < -0.39 is 0 Å². The van der Waals surface area contributed by atoms with Gasteiger partial charge in [0.15, 0.2) is 0 Å². The highest BCUT2D eigenvalue weighted by Gasteiger charge is 2.23. The summed E-state index contributed by atoms with van der Waals surface area (Å²) >= 11 is 0. The standard InChI is InChI=1S/C13H26N2/c1-2-4-13-11-15(9-3-8-14-13)10-7-12-5-6-12/h12-14H,2-11H2,1H3. The predicted octanol–water partition coefficient (Wildman–Crippen LogP) is 2.25. The molecule has 1 aliphatic carbocycles. The maximum absolute atomic E-state index is 3.67. The van der Waals surface area contributed by atoms with Gasteiger partial charge in [0.05, 0.1) is 0 Å². The van der Waals surface area contributed by atoms with Gasteiger partial charge in [0.25, 0.3) is 0 Å². The molecule has 0 spiro atoms. The molecular formula is C13H26N2. The monoisotopic (exact) mass is 210 g/mol. The number of rotatable bonds is 5. The molecule has 1 saturated carbocycles. The van der Waals surface area contributed by atoms with Gasteiger partial charge >= 0.3 is 0 Å². The van der Waals surface area contributed by atoms with Crippen LogP contribution in [0.1, 0.15) is 45.4 Å². The van der Waals surface area contributed by atoms with Gasteiger partial charge in [-0.05, 0) is 44.8 Å². The molecule has 1 atom stereocenters. The minimum atomic E-state index is 0.761. The summed E-state index contributed by atoms with van der Waals surface area (Å²) in [6.07, 6.45) is 8.47. The van der Waals surface area contributed by atoms with E-state index in [2.05, 4.69) is 17.1 Å². The third kappa shape index (κ3) is 4.12. The van der Waals surface area contributed by atoms with E-state index in [4.69, 9.17) is 0 Å². The molecule has 1 saturated heterocycles. The Labute approximate surface area is 94.4 Å². The first-order valence-corrected chi connectivity index (χ1v) is 6.84. The fraction of sp³-hybridized carbons (Fsp3) is 1.00. The quantitative estimate of drug-likeness (QED) is 0.749. The second kappa shape index (κ2) is 5.86. The minimum Gasteiger partial charge on any atom is -0.313 e. The lowest BCUT2D eigenvalue weighted by atomic mass is 10.1. The van der Waals surface area contributed by atoms with Crippen molar-refractivity contribution < 1.29 is 0 Å². The van der Waals surface area contributed by atoms with Gasteiger partial charge in [0.2, 0.25) is 0 Å². The van der Waals surface area contributed by atoms with E-state index in [0.29, 0.717) is 0 Å².